The average Bonchev–Trinajstić information content (AvgIpc) is 3.13. The number of hydrogen-bond acceptors (Lipinski definition) is 11. The van der Waals surface area contributed by atoms with Crippen LogP contribution < -0.4 is 30.4 Å². The molecule has 0 saturated heterocycles. The second-order valence-electron chi connectivity index (χ2n) is 12.0. The van der Waals surface area contributed by atoms with E-state index in [-0.39, 0.29) is 44.7 Å². The Bertz CT molecular complexity index is 2060. The number of primary sulfonamides is 2. The first-order chi connectivity index (χ1) is 25.7. The van der Waals surface area contributed by atoms with Gasteiger partial charge in [0, 0.05) is 13.1 Å². The fraction of sp³-hybridized carbons (Fsp3) is 0.316. The summed E-state index contributed by atoms with van der Waals surface area (Å²) in [7, 11) is -8.35. The zero-order valence-electron chi connectivity index (χ0n) is 30.5. The molecule has 0 amide bonds. The van der Waals surface area contributed by atoms with Gasteiger partial charge in [0.2, 0.25) is 20.0 Å². The van der Waals surface area contributed by atoms with Crippen LogP contribution in [0, 0.1) is 0 Å². The number of nitrogens with one attached hydrogen (secondary N) is 2. The number of para-hydroxylation sites is 2. The van der Waals surface area contributed by atoms with Crippen LogP contribution in [-0.4, -0.2) is 53.6 Å². The maximum atomic E-state index is 12.4. The molecule has 0 atom stereocenters. The number of ether oxygens (including phenoxy) is 3. The number of nitrogens with two attached hydrogens (primary N) is 2. The molecule has 292 valence electrons. The third kappa shape index (κ3) is 13.4. The second kappa shape index (κ2) is 20.9. The molecule has 0 heterocycles. The largest absolute Gasteiger partial charge is 0.478 e. The Hall–Kier alpha value is -5.16. The van der Waals surface area contributed by atoms with Gasteiger partial charge in [0.15, 0.2) is 11.5 Å². The van der Waals surface area contributed by atoms with E-state index < -0.39 is 32.0 Å². The van der Waals surface area contributed by atoms with Gasteiger partial charge in [0.25, 0.3) is 0 Å². The number of carbonyl (C=O) groups excluding carboxylic acids is 1. The van der Waals surface area contributed by atoms with Gasteiger partial charge in [-0.3, -0.25) is 0 Å². The molecule has 0 aromatic heterocycles. The molecule has 0 aliphatic rings. The van der Waals surface area contributed by atoms with Crippen LogP contribution in [0.4, 0.5) is 11.4 Å². The zero-order chi connectivity index (χ0) is 39.7. The third-order valence-corrected chi connectivity index (χ3v) is 9.39. The van der Waals surface area contributed by atoms with Gasteiger partial charge >= 0.3 is 11.9 Å². The van der Waals surface area contributed by atoms with Crippen LogP contribution in [0.25, 0.3) is 0 Å². The molecular formula is C38H48N4O10S2. The lowest BCUT2D eigenvalue weighted by Crippen LogP contribution is -2.17. The fourth-order valence-electron chi connectivity index (χ4n) is 4.75. The number of carboxylic acids is 1. The van der Waals surface area contributed by atoms with Crippen molar-refractivity contribution in [3.63, 3.8) is 0 Å². The van der Waals surface area contributed by atoms with Crippen molar-refractivity contribution in [1.29, 1.82) is 0 Å². The van der Waals surface area contributed by atoms with E-state index in [2.05, 4.69) is 10.6 Å². The normalized spacial score (nSPS) is 11.1. The maximum absolute atomic E-state index is 12.4. The van der Waals surface area contributed by atoms with Crippen molar-refractivity contribution in [3.8, 4) is 23.0 Å². The van der Waals surface area contributed by atoms with Crippen LogP contribution in [0.15, 0.2) is 94.7 Å². The van der Waals surface area contributed by atoms with E-state index in [1.54, 1.807) is 54.6 Å². The fourth-order valence-corrected chi connectivity index (χ4v) is 6.15. The van der Waals surface area contributed by atoms with Crippen molar-refractivity contribution in [1.82, 2.24) is 0 Å². The van der Waals surface area contributed by atoms with Crippen LogP contribution in [0.5, 0.6) is 23.0 Å². The van der Waals surface area contributed by atoms with E-state index in [0.717, 1.165) is 44.6 Å². The Morgan fingerprint density at radius 3 is 1.43 bits per heavy atom. The van der Waals surface area contributed by atoms with Crippen LogP contribution in [0.3, 0.4) is 0 Å². The lowest BCUT2D eigenvalue weighted by atomic mass is 10.1. The van der Waals surface area contributed by atoms with Gasteiger partial charge < -0.3 is 30.0 Å². The van der Waals surface area contributed by atoms with Crippen molar-refractivity contribution < 1.29 is 45.7 Å². The number of hydrogen-bond donors (Lipinski definition) is 5. The molecule has 14 nitrogen and oxygen atoms in total. The van der Waals surface area contributed by atoms with Gasteiger partial charge in [-0.25, -0.2) is 36.7 Å². The van der Waals surface area contributed by atoms with E-state index >= 15 is 0 Å². The molecule has 54 heavy (non-hydrogen) atoms. The Labute approximate surface area is 316 Å². The van der Waals surface area contributed by atoms with Crippen molar-refractivity contribution >= 4 is 43.4 Å². The molecule has 0 unspecified atom stereocenters. The van der Waals surface area contributed by atoms with E-state index in [4.69, 9.17) is 24.5 Å². The SMILES string of the molecule is CCCCNc1cc(C(=O)O)cc(S(N)(=O)=O)c1Oc1ccccc1.CCCCNc1cc(C(=O)OCCCC)cc(S(N)(=O)=O)c1Oc1ccccc1. The molecule has 0 aliphatic heterocycles. The Morgan fingerprint density at radius 1 is 0.630 bits per heavy atom. The molecule has 0 spiro atoms. The molecule has 0 bridgehead atoms. The lowest BCUT2D eigenvalue weighted by molar-refractivity contribution is 0.0499. The molecule has 4 rings (SSSR count). The molecule has 7 N–H and O–H groups in total. The lowest BCUT2D eigenvalue weighted by Gasteiger charge is -2.17. The summed E-state index contributed by atoms with van der Waals surface area (Å²) < 4.78 is 65.3. The van der Waals surface area contributed by atoms with Crippen LogP contribution in [0.2, 0.25) is 0 Å². The highest BCUT2D eigenvalue weighted by molar-refractivity contribution is 7.89. The number of carbonyl (C=O) groups is 2. The zero-order valence-corrected chi connectivity index (χ0v) is 32.2. The monoisotopic (exact) mass is 784 g/mol. The minimum Gasteiger partial charge on any atom is -0.478 e. The number of rotatable bonds is 19. The average molecular weight is 785 g/mol. The van der Waals surface area contributed by atoms with Gasteiger partial charge in [-0.1, -0.05) is 76.4 Å². The summed E-state index contributed by atoms with van der Waals surface area (Å²) in [6.45, 7) is 7.42. The molecule has 4 aromatic rings. The molecule has 0 saturated carbocycles. The molecule has 4 aromatic carbocycles. The summed E-state index contributed by atoms with van der Waals surface area (Å²) in [5, 5.41) is 26.2. The Morgan fingerprint density at radius 2 is 1.04 bits per heavy atom. The molecule has 16 heteroatoms. The Kier molecular flexibility index (Phi) is 16.8. The quantitative estimate of drug-likeness (QED) is 0.0465. The highest BCUT2D eigenvalue weighted by Crippen LogP contribution is 2.38. The number of unbranched alkanes of at least 4 members (excludes halogenated alkanes) is 3. The van der Waals surface area contributed by atoms with E-state index in [9.17, 15) is 31.5 Å². The molecule has 0 aliphatic carbocycles. The van der Waals surface area contributed by atoms with Gasteiger partial charge in [0.05, 0.1) is 29.1 Å². The standard InChI is InChI=1S/C21H28N2O5S.C17H20N2O5S/c1-3-5-12-23-18-14-16(21(24)27-13-6-4-2)15-19(29(22,25)26)20(18)28-17-10-8-7-9-11-17;1-2-3-9-19-14-10-12(17(20)21)11-15(25(18,22)23)16(14)24-13-7-5-4-6-8-13/h7-11,14-15,23H,3-6,12-13H2,1-2H3,(H2,22,25,26);4-8,10-11,19H,2-3,9H2,1H3,(H,20,21)(H2,18,22,23). The maximum Gasteiger partial charge on any atom is 0.338 e. The second-order valence-corrected chi connectivity index (χ2v) is 15.0. The smallest absolute Gasteiger partial charge is 0.338 e. The van der Waals surface area contributed by atoms with E-state index in [0.29, 0.717) is 30.3 Å². The van der Waals surface area contributed by atoms with Gasteiger partial charge in [-0.2, -0.15) is 0 Å². The van der Waals surface area contributed by atoms with E-state index in [1.807, 2.05) is 26.8 Å². The van der Waals surface area contributed by atoms with Crippen LogP contribution >= 0.6 is 0 Å². The predicted molar refractivity (Wildman–Crippen MR) is 208 cm³/mol. The summed E-state index contributed by atoms with van der Waals surface area (Å²) >= 11 is 0. The highest BCUT2D eigenvalue weighted by Gasteiger charge is 2.25. The van der Waals surface area contributed by atoms with Gasteiger partial charge in [0.1, 0.15) is 21.3 Å². The number of aromatic carboxylic acids is 1. The number of carboxylic acid groups (broad SMARTS) is 1. The summed E-state index contributed by atoms with van der Waals surface area (Å²) in [5.74, 6) is -0.958. The van der Waals surface area contributed by atoms with Gasteiger partial charge in [-0.05, 0) is 67.8 Å². The van der Waals surface area contributed by atoms with Crippen molar-refractivity contribution in [2.24, 2.45) is 10.3 Å². The highest BCUT2D eigenvalue weighted by atomic mass is 32.2. The van der Waals surface area contributed by atoms with Crippen molar-refractivity contribution in [2.75, 3.05) is 30.3 Å². The number of benzene rings is 4. The van der Waals surface area contributed by atoms with E-state index in [1.165, 1.54) is 18.2 Å². The van der Waals surface area contributed by atoms with Crippen LogP contribution in [-0.2, 0) is 24.8 Å². The topological polar surface area (TPSA) is 226 Å². The first kappa shape index (κ1) is 43.2. The number of sulfonamides is 2. The summed E-state index contributed by atoms with van der Waals surface area (Å²) in [5.41, 5.74) is 0.547. The molecular weight excluding hydrogens is 737 g/mol. The third-order valence-electron chi connectivity index (χ3n) is 7.55. The molecule has 0 radical (unpaired) electrons. The number of esters is 1. The summed E-state index contributed by atoms with van der Waals surface area (Å²) in [6.07, 6.45) is 5.16. The Balaban J connectivity index is 0.000000294. The summed E-state index contributed by atoms with van der Waals surface area (Å²) in [6, 6.07) is 22.4. The minimum atomic E-state index is -4.19. The first-order valence-electron chi connectivity index (χ1n) is 17.4. The van der Waals surface area contributed by atoms with Crippen molar-refractivity contribution in [3.05, 3.63) is 96.1 Å². The minimum absolute atomic E-state index is 0.0187. The van der Waals surface area contributed by atoms with Gasteiger partial charge in [-0.15, -0.1) is 0 Å². The van der Waals surface area contributed by atoms with Crippen molar-refractivity contribution in [2.45, 2.75) is 69.1 Å². The van der Waals surface area contributed by atoms with Crippen LogP contribution in [0.1, 0.15) is 80.0 Å². The predicted octanol–water partition coefficient (Wildman–Crippen LogP) is 7.33. The number of anilines is 2. The summed E-state index contributed by atoms with van der Waals surface area (Å²) in [4.78, 5) is 23.1. The molecule has 0 fully saturated rings. The first-order valence-corrected chi connectivity index (χ1v) is 20.5.